The first-order valence-electron chi connectivity index (χ1n) is 11.2. The number of aromatic nitrogens is 3. The molecule has 8 nitrogen and oxygen atoms in total. The molecule has 0 atom stereocenters. The number of nitrogens with zero attached hydrogens (tertiary/aromatic N) is 3. The molecule has 1 aromatic carbocycles. The van der Waals surface area contributed by atoms with Crippen molar-refractivity contribution in [2.24, 2.45) is 13.0 Å². The summed E-state index contributed by atoms with van der Waals surface area (Å²) in [6.07, 6.45) is 6.61. The maximum atomic E-state index is 12.4. The van der Waals surface area contributed by atoms with Crippen LogP contribution in [0.2, 0.25) is 0 Å². The maximum Gasteiger partial charge on any atom is 0.231 e. The molecule has 168 valence electrons. The zero-order valence-corrected chi connectivity index (χ0v) is 18.5. The van der Waals surface area contributed by atoms with E-state index < -0.39 is 0 Å². The van der Waals surface area contributed by atoms with Gasteiger partial charge in [-0.3, -0.25) is 9.48 Å². The van der Waals surface area contributed by atoms with Gasteiger partial charge in [0.1, 0.15) is 0 Å². The fraction of sp³-hybridized carbons (Fsp3) is 0.458. The second-order valence-electron chi connectivity index (χ2n) is 8.82. The van der Waals surface area contributed by atoms with Gasteiger partial charge in [0, 0.05) is 31.8 Å². The topological polar surface area (TPSA) is 91.4 Å². The number of carbonyl (C=O) groups is 1. The van der Waals surface area contributed by atoms with E-state index in [0.717, 1.165) is 59.7 Å². The Labute approximate surface area is 186 Å². The van der Waals surface area contributed by atoms with Crippen molar-refractivity contribution in [3.05, 3.63) is 47.4 Å². The molecule has 0 bridgehead atoms. The molecule has 1 N–H and O–H groups in total. The Morgan fingerprint density at radius 1 is 1.16 bits per heavy atom. The van der Waals surface area contributed by atoms with Gasteiger partial charge in [-0.25, -0.2) is 0 Å². The van der Waals surface area contributed by atoms with Crippen LogP contribution < -0.4 is 14.8 Å². The lowest BCUT2D eigenvalue weighted by Gasteiger charge is -2.28. The first-order valence-corrected chi connectivity index (χ1v) is 11.2. The lowest BCUT2D eigenvalue weighted by atomic mass is 9.79. The third kappa shape index (κ3) is 4.35. The van der Waals surface area contributed by atoms with Crippen LogP contribution in [0.5, 0.6) is 11.5 Å². The van der Waals surface area contributed by atoms with Crippen LogP contribution in [-0.2, 0) is 18.3 Å². The summed E-state index contributed by atoms with van der Waals surface area (Å²) in [5, 5.41) is 11.9. The van der Waals surface area contributed by atoms with Gasteiger partial charge in [0.2, 0.25) is 12.7 Å². The molecule has 1 fully saturated rings. The monoisotopic (exact) mass is 436 g/mol. The summed E-state index contributed by atoms with van der Waals surface area (Å²) in [5.41, 5.74) is 3.93. The molecule has 32 heavy (non-hydrogen) atoms. The first kappa shape index (κ1) is 20.6. The Morgan fingerprint density at radius 3 is 2.75 bits per heavy atom. The van der Waals surface area contributed by atoms with Crippen molar-refractivity contribution in [1.29, 1.82) is 0 Å². The summed E-state index contributed by atoms with van der Waals surface area (Å²) in [4.78, 5) is 12.4. The van der Waals surface area contributed by atoms with Gasteiger partial charge >= 0.3 is 0 Å². The number of benzene rings is 1. The summed E-state index contributed by atoms with van der Waals surface area (Å²) in [7, 11) is 1.94. The summed E-state index contributed by atoms with van der Waals surface area (Å²) in [5.74, 6) is 3.16. The number of amides is 1. The highest BCUT2D eigenvalue weighted by Gasteiger charge is 2.28. The smallest absolute Gasteiger partial charge is 0.231 e. The van der Waals surface area contributed by atoms with Gasteiger partial charge in [-0.1, -0.05) is 11.2 Å². The average molecular weight is 437 g/mol. The minimum absolute atomic E-state index is 0.0405. The lowest BCUT2D eigenvalue weighted by Crippen LogP contribution is -2.32. The minimum Gasteiger partial charge on any atom is -0.454 e. The standard InChI is InChI=1S/C24H28N4O4/c1-15-9-21(32-27-15)19-13-28(2)26-24(19)18-6-3-16(4-7-18)12-25-23(29)11-17-5-8-20-22(10-17)31-14-30-20/h5,8-10,13,16,18H,3-4,6-7,11-12,14H2,1-2H3,(H,25,29). The van der Waals surface area contributed by atoms with Crippen molar-refractivity contribution >= 4 is 5.91 Å². The Hall–Kier alpha value is -3.29. The summed E-state index contributed by atoms with van der Waals surface area (Å²) in [6.45, 7) is 2.88. The van der Waals surface area contributed by atoms with E-state index in [9.17, 15) is 4.79 Å². The fourth-order valence-corrected chi connectivity index (χ4v) is 4.68. The second-order valence-corrected chi connectivity index (χ2v) is 8.82. The fourth-order valence-electron chi connectivity index (χ4n) is 4.68. The first-order chi connectivity index (χ1) is 15.5. The Morgan fingerprint density at radius 2 is 1.97 bits per heavy atom. The van der Waals surface area contributed by atoms with E-state index in [1.54, 1.807) is 0 Å². The van der Waals surface area contributed by atoms with E-state index in [4.69, 9.17) is 19.1 Å². The molecule has 3 heterocycles. The molecule has 3 aromatic rings. The van der Waals surface area contributed by atoms with Gasteiger partial charge in [-0.2, -0.15) is 5.10 Å². The van der Waals surface area contributed by atoms with Crippen LogP contribution in [0.4, 0.5) is 0 Å². The van der Waals surface area contributed by atoms with Crippen molar-refractivity contribution in [2.45, 2.75) is 44.9 Å². The lowest BCUT2D eigenvalue weighted by molar-refractivity contribution is -0.120. The highest BCUT2D eigenvalue weighted by atomic mass is 16.7. The predicted molar refractivity (Wildman–Crippen MR) is 117 cm³/mol. The number of hydrogen-bond acceptors (Lipinski definition) is 6. The van der Waals surface area contributed by atoms with Crippen LogP contribution >= 0.6 is 0 Å². The molecule has 2 aromatic heterocycles. The van der Waals surface area contributed by atoms with Gasteiger partial charge in [0.25, 0.3) is 0 Å². The molecular weight excluding hydrogens is 408 g/mol. The number of rotatable bonds is 6. The van der Waals surface area contributed by atoms with Gasteiger partial charge in [0.15, 0.2) is 17.3 Å². The van der Waals surface area contributed by atoms with Crippen LogP contribution in [0.3, 0.4) is 0 Å². The molecule has 0 saturated heterocycles. The summed E-state index contributed by atoms with van der Waals surface area (Å²) >= 11 is 0. The number of aryl methyl sites for hydroxylation is 2. The number of fused-ring (bicyclic) bond motifs is 1. The predicted octanol–water partition coefficient (Wildman–Crippen LogP) is 3.74. The van der Waals surface area contributed by atoms with E-state index >= 15 is 0 Å². The van der Waals surface area contributed by atoms with Crippen molar-refractivity contribution in [1.82, 2.24) is 20.3 Å². The van der Waals surface area contributed by atoms with E-state index in [2.05, 4.69) is 10.5 Å². The van der Waals surface area contributed by atoms with E-state index in [0.29, 0.717) is 30.6 Å². The van der Waals surface area contributed by atoms with Crippen LogP contribution in [0, 0.1) is 12.8 Å². The number of carbonyl (C=O) groups excluding carboxylic acids is 1. The van der Waals surface area contributed by atoms with Crippen molar-refractivity contribution in [3.8, 4) is 22.8 Å². The maximum absolute atomic E-state index is 12.4. The Bertz CT molecular complexity index is 1110. The molecule has 5 rings (SSSR count). The van der Waals surface area contributed by atoms with Crippen LogP contribution in [0.15, 0.2) is 35.0 Å². The normalized spacial score (nSPS) is 19.8. The highest BCUT2D eigenvalue weighted by molar-refractivity contribution is 5.78. The molecule has 2 aliphatic rings. The van der Waals surface area contributed by atoms with Crippen molar-refractivity contribution < 1.29 is 18.8 Å². The highest BCUT2D eigenvalue weighted by Crippen LogP contribution is 2.39. The SMILES string of the molecule is Cc1cc(-c2cn(C)nc2C2CCC(CNC(=O)Cc3ccc4c(c3)OCO4)CC2)on1. The Balaban J connectivity index is 1.13. The molecule has 1 saturated carbocycles. The van der Waals surface area contributed by atoms with Crippen LogP contribution in [0.1, 0.15) is 48.6 Å². The number of ether oxygens (including phenoxy) is 2. The average Bonchev–Trinajstić information content (AvgIpc) is 3.52. The van der Waals surface area contributed by atoms with Gasteiger partial charge in [0.05, 0.1) is 23.4 Å². The third-order valence-electron chi connectivity index (χ3n) is 6.37. The largest absolute Gasteiger partial charge is 0.454 e. The quantitative estimate of drug-likeness (QED) is 0.633. The molecule has 0 spiro atoms. The zero-order chi connectivity index (χ0) is 22.1. The van der Waals surface area contributed by atoms with E-state index in [1.807, 2.05) is 49.1 Å². The molecule has 0 unspecified atom stereocenters. The summed E-state index contributed by atoms with van der Waals surface area (Å²) < 4.78 is 18.1. The van der Waals surface area contributed by atoms with E-state index in [1.165, 1.54) is 0 Å². The van der Waals surface area contributed by atoms with Crippen LogP contribution in [-0.4, -0.2) is 34.2 Å². The molecule has 8 heteroatoms. The third-order valence-corrected chi connectivity index (χ3v) is 6.37. The van der Waals surface area contributed by atoms with Gasteiger partial charge in [-0.05, 0) is 56.2 Å². The number of hydrogen-bond donors (Lipinski definition) is 1. The number of nitrogens with one attached hydrogen (secondary N) is 1. The molecule has 1 amide bonds. The van der Waals surface area contributed by atoms with Gasteiger partial charge in [-0.15, -0.1) is 0 Å². The van der Waals surface area contributed by atoms with E-state index in [-0.39, 0.29) is 12.7 Å². The molecule has 1 aliphatic heterocycles. The second kappa shape index (κ2) is 8.68. The minimum atomic E-state index is 0.0405. The van der Waals surface area contributed by atoms with Gasteiger partial charge < -0.3 is 19.3 Å². The molecular formula is C24H28N4O4. The summed E-state index contributed by atoms with van der Waals surface area (Å²) in [6, 6.07) is 7.62. The molecule has 0 radical (unpaired) electrons. The zero-order valence-electron chi connectivity index (χ0n) is 18.5. The Kier molecular flexibility index (Phi) is 5.59. The van der Waals surface area contributed by atoms with Crippen molar-refractivity contribution in [3.63, 3.8) is 0 Å². The van der Waals surface area contributed by atoms with Crippen molar-refractivity contribution in [2.75, 3.05) is 13.3 Å². The van der Waals surface area contributed by atoms with Crippen LogP contribution in [0.25, 0.3) is 11.3 Å². The molecule has 1 aliphatic carbocycles.